The number of halogens is 1. The number of hydrogen-bond donors (Lipinski definition) is 2. The van der Waals surface area contributed by atoms with Gasteiger partial charge in [0.1, 0.15) is 6.61 Å². The maximum Gasteiger partial charge on any atom is 0.253 e. The molecule has 1 aromatic carbocycles. The summed E-state index contributed by atoms with van der Waals surface area (Å²) in [6, 6.07) is 7.75. The number of thiazole rings is 1. The van der Waals surface area contributed by atoms with Crippen molar-refractivity contribution in [3.05, 3.63) is 45.4 Å². The number of nitrogens with one attached hydrogen (secondary N) is 2. The molecule has 2 N–H and O–H groups in total. The van der Waals surface area contributed by atoms with E-state index in [9.17, 15) is 9.00 Å². The fourth-order valence-corrected chi connectivity index (χ4v) is 3.38. The molecule has 0 aliphatic carbocycles. The third kappa shape index (κ3) is 5.95. The summed E-state index contributed by atoms with van der Waals surface area (Å²) in [5.74, 6) is -0.392. The van der Waals surface area contributed by atoms with Crippen molar-refractivity contribution < 1.29 is 13.2 Å². The summed E-state index contributed by atoms with van der Waals surface area (Å²) >= 11 is 5.65. The molecule has 1 heterocycles. The van der Waals surface area contributed by atoms with Crippen LogP contribution in [0.3, 0.4) is 0 Å². The van der Waals surface area contributed by atoms with Gasteiger partial charge in [-0.25, -0.2) is 13.9 Å². The van der Waals surface area contributed by atoms with Crippen LogP contribution in [0.4, 0.5) is 5.13 Å². The van der Waals surface area contributed by atoms with Crippen LogP contribution >= 0.6 is 22.9 Å². The van der Waals surface area contributed by atoms with Gasteiger partial charge < -0.3 is 0 Å². The molecule has 0 radical (unpaired) electrons. The number of aryl methyl sites for hydroxylation is 3. The Bertz CT molecular complexity index is 719. The normalized spacial score (nSPS) is 12.1. The minimum atomic E-state index is -1.67. The van der Waals surface area contributed by atoms with E-state index in [2.05, 4.69) is 15.0 Å². The maximum absolute atomic E-state index is 11.7. The van der Waals surface area contributed by atoms with E-state index >= 15 is 0 Å². The summed E-state index contributed by atoms with van der Waals surface area (Å²) in [6.07, 6.45) is 1.71. The zero-order valence-corrected chi connectivity index (χ0v) is 15.7. The number of nitrogens with zero attached hydrogens (tertiary/aromatic N) is 1. The first kappa shape index (κ1) is 19.0. The highest BCUT2D eigenvalue weighted by Crippen LogP contribution is 2.24. The molecule has 9 heteroatoms. The number of carbonyl (C=O) groups excluding carboxylic acids is 1. The van der Waals surface area contributed by atoms with Crippen LogP contribution in [-0.2, 0) is 33.1 Å². The van der Waals surface area contributed by atoms with Crippen LogP contribution in [0.15, 0.2) is 24.3 Å². The molecule has 1 atom stereocenters. The van der Waals surface area contributed by atoms with Crippen LogP contribution < -0.4 is 10.0 Å². The molecule has 0 spiro atoms. The van der Waals surface area contributed by atoms with Crippen LogP contribution in [-0.4, -0.2) is 28.8 Å². The van der Waals surface area contributed by atoms with Crippen LogP contribution in [0.1, 0.15) is 16.1 Å². The van der Waals surface area contributed by atoms with Crippen LogP contribution in [0.25, 0.3) is 0 Å². The Morgan fingerprint density at radius 2 is 2.04 bits per heavy atom. The van der Waals surface area contributed by atoms with E-state index in [1.807, 2.05) is 31.2 Å². The first-order valence-electron chi connectivity index (χ1n) is 7.21. The summed E-state index contributed by atoms with van der Waals surface area (Å²) in [4.78, 5) is 17.2. The highest BCUT2D eigenvalue weighted by atomic mass is 35.5. The van der Waals surface area contributed by atoms with Crippen LogP contribution in [0, 0.1) is 6.92 Å². The van der Waals surface area contributed by atoms with E-state index in [1.54, 1.807) is 0 Å². The van der Waals surface area contributed by atoms with Gasteiger partial charge in [0.15, 0.2) is 5.13 Å². The Labute approximate surface area is 152 Å². The number of hydrogen-bond acceptors (Lipinski definition) is 5. The Morgan fingerprint density at radius 3 is 2.71 bits per heavy atom. The smallest absolute Gasteiger partial charge is 0.253 e. The number of aromatic nitrogens is 1. The van der Waals surface area contributed by atoms with Crippen molar-refractivity contribution in [2.75, 3.05) is 19.0 Å². The van der Waals surface area contributed by atoms with Gasteiger partial charge in [0.2, 0.25) is 11.3 Å². The molecule has 2 rings (SSSR count). The Balaban J connectivity index is 1.88. The zero-order valence-electron chi connectivity index (χ0n) is 13.3. The summed E-state index contributed by atoms with van der Waals surface area (Å²) < 4.78 is 18.2. The number of anilines is 1. The number of amides is 1. The molecule has 0 aliphatic heterocycles. The van der Waals surface area contributed by atoms with Gasteiger partial charge in [-0.15, -0.1) is 11.3 Å². The van der Waals surface area contributed by atoms with Gasteiger partial charge in [-0.05, 0) is 44.5 Å². The SMILES string of the molecule is CNS(=O)OCC(=O)Nc1nc(C)c(CCc2ccc(Cl)cc2)s1. The van der Waals surface area contributed by atoms with Crippen molar-refractivity contribution in [2.24, 2.45) is 0 Å². The van der Waals surface area contributed by atoms with Crippen molar-refractivity contribution in [3.63, 3.8) is 0 Å². The van der Waals surface area contributed by atoms with E-state index in [-0.39, 0.29) is 6.61 Å². The zero-order chi connectivity index (χ0) is 17.5. The van der Waals surface area contributed by atoms with Crippen molar-refractivity contribution in [3.8, 4) is 0 Å². The van der Waals surface area contributed by atoms with E-state index in [1.165, 1.54) is 23.9 Å². The molecule has 1 amide bonds. The fourth-order valence-electron chi connectivity index (χ4n) is 1.94. The molecule has 0 bridgehead atoms. The second-order valence-electron chi connectivity index (χ2n) is 4.90. The van der Waals surface area contributed by atoms with Crippen molar-refractivity contribution in [1.29, 1.82) is 0 Å². The third-order valence-electron chi connectivity index (χ3n) is 3.16. The lowest BCUT2D eigenvalue weighted by atomic mass is 10.1. The Morgan fingerprint density at radius 1 is 1.33 bits per heavy atom. The molecule has 1 unspecified atom stereocenters. The number of carbonyl (C=O) groups is 1. The highest BCUT2D eigenvalue weighted by molar-refractivity contribution is 7.78. The third-order valence-corrected chi connectivity index (χ3v) is 5.21. The van der Waals surface area contributed by atoms with Gasteiger partial charge in [0, 0.05) is 9.90 Å². The quantitative estimate of drug-likeness (QED) is 0.729. The average Bonchev–Trinajstić information content (AvgIpc) is 2.91. The Kier molecular flexibility index (Phi) is 7.32. The number of rotatable bonds is 8. The first-order valence-corrected chi connectivity index (χ1v) is 9.48. The molecule has 130 valence electrons. The maximum atomic E-state index is 11.7. The molecular weight excluding hydrogens is 370 g/mol. The van der Waals surface area contributed by atoms with Crippen LogP contribution in [0.2, 0.25) is 5.02 Å². The predicted molar refractivity (Wildman–Crippen MR) is 97.5 cm³/mol. The van der Waals surface area contributed by atoms with E-state index in [0.717, 1.165) is 28.4 Å². The van der Waals surface area contributed by atoms with Gasteiger partial charge in [0.05, 0.1) is 5.69 Å². The standard InChI is InChI=1S/C15H18ClN3O3S2/c1-10-13(8-5-11-3-6-12(16)7-4-11)23-15(18-10)19-14(20)9-22-24(21)17-2/h3-4,6-7,17H,5,8-9H2,1-2H3,(H,18,19,20). The van der Waals surface area contributed by atoms with E-state index in [4.69, 9.17) is 15.8 Å². The molecule has 24 heavy (non-hydrogen) atoms. The van der Waals surface area contributed by atoms with Gasteiger partial charge >= 0.3 is 0 Å². The minimum absolute atomic E-state index is 0.299. The average molecular weight is 388 g/mol. The molecule has 0 saturated heterocycles. The van der Waals surface area contributed by atoms with Gasteiger partial charge in [-0.3, -0.25) is 14.3 Å². The minimum Gasteiger partial charge on any atom is -0.300 e. The van der Waals surface area contributed by atoms with Crippen LogP contribution in [0.5, 0.6) is 0 Å². The highest BCUT2D eigenvalue weighted by Gasteiger charge is 2.11. The van der Waals surface area contributed by atoms with Crippen molar-refractivity contribution in [1.82, 2.24) is 9.71 Å². The lowest BCUT2D eigenvalue weighted by Crippen LogP contribution is -2.22. The predicted octanol–water partition coefficient (Wildman–Crippen LogP) is 2.64. The van der Waals surface area contributed by atoms with E-state index < -0.39 is 17.2 Å². The summed E-state index contributed by atoms with van der Waals surface area (Å²) in [6.45, 7) is 1.61. The van der Waals surface area contributed by atoms with Crippen molar-refractivity contribution in [2.45, 2.75) is 19.8 Å². The largest absolute Gasteiger partial charge is 0.300 e. The van der Waals surface area contributed by atoms with E-state index in [0.29, 0.717) is 5.13 Å². The fraction of sp³-hybridized carbons (Fsp3) is 0.333. The lowest BCUT2D eigenvalue weighted by Gasteiger charge is -2.02. The molecule has 0 aliphatic rings. The Hall–Kier alpha value is -1.32. The molecule has 1 aromatic heterocycles. The molecule has 0 fully saturated rings. The first-order chi connectivity index (χ1) is 11.5. The second-order valence-corrected chi connectivity index (χ2v) is 7.54. The number of benzene rings is 1. The van der Waals surface area contributed by atoms with Crippen molar-refractivity contribution >= 4 is 45.2 Å². The molecule has 2 aromatic rings. The molecular formula is C15H18ClN3O3S2. The lowest BCUT2D eigenvalue weighted by molar-refractivity contribution is -0.117. The van der Waals surface area contributed by atoms with Gasteiger partial charge in [0.25, 0.3) is 5.91 Å². The summed E-state index contributed by atoms with van der Waals surface area (Å²) in [5.41, 5.74) is 2.09. The van der Waals surface area contributed by atoms with Gasteiger partial charge in [-0.1, -0.05) is 23.7 Å². The summed E-state index contributed by atoms with van der Waals surface area (Å²) in [5, 5.41) is 3.89. The monoisotopic (exact) mass is 387 g/mol. The second kappa shape index (κ2) is 9.24. The topological polar surface area (TPSA) is 80.3 Å². The molecule has 0 saturated carbocycles. The summed E-state index contributed by atoms with van der Waals surface area (Å²) in [7, 11) is 1.48. The molecule has 6 nitrogen and oxygen atoms in total. The van der Waals surface area contributed by atoms with Gasteiger partial charge in [-0.2, -0.15) is 0 Å².